The highest BCUT2D eigenvalue weighted by molar-refractivity contribution is 4.96. The largest absolute Gasteiger partial charge is 0.329 e. The van der Waals surface area contributed by atoms with E-state index in [0.717, 1.165) is 24.3 Å². The number of nitrogens with two attached hydrogens (primary N) is 1. The summed E-state index contributed by atoms with van der Waals surface area (Å²) >= 11 is 0. The summed E-state index contributed by atoms with van der Waals surface area (Å²) in [6.45, 7) is 2.18. The lowest BCUT2D eigenvalue weighted by molar-refractivity contribution is 0.0768. The van der Waals surface area contributed by atoms with Crippen LogP contribution < -0.4 is 5.73 Å². The molecular formula is C17H32N2. The van der Waals surface area contributed by atoms with E-state index >= 15 is 0 Å². The van der Waals surface area contributed by atoms with Crippen molar-refractivity contribution in [2.75, 3.05) is 20.1 Å². The van der Waals surface area contributed by atoms with Crippen LogP contribution in [0.25, 0.3) is 0 Å². The third-order valence-electron chi connectivity index (χ3n) is 6.62. The predicted molar refractivity (Wildman–Crippen MR) is 81.1 cm³/mol. The molecule has 19 heavy (non-hydrogen) atoms. The first-order valence-corrected chi connectivity index (χ1v) is 8.65. The van der Waals surface area contributed by atoms with E-state index in [9.17, 15) is 0 Å². The van der Waals surface area contributed by atoms with Crippen molar-refractivity contribution in [2.24, 2.45) is 23.5 Å². The molecule has 0 radical (unpaired) electrons. The summed E-state index contributed by atoms with van der Waals surface area (Å²) in [7, 11) is 2.37. The molecule has 2 N–H and O–H groups in total. The Kier molecular flexibility index (Phi) is 4.19. The van der Waals surface area contributed by atoms with Crippen molar-refractivity contribution in [1.29, 1.82) is 0 Å². The van der Waals surface area contributed by atoms with E-state index in [0.29, 0.717) is 5.54 Å². The number of hydrogen-bond donors (Lipinski definition) is 1. The average Bonchev–Trinajstić information content (AvgIpc) is 2.94. The van der Waals surface area contributed by atoms with Crippen LogP contribution in [0.2, 0.25) is 0 Å². The highest BCUT2D eigenvalue weighted by Gasteiger charge is 2.42. The van der Waals surface area contributed by atoms with Gasteiger partial charge < -0.3 is 5.73 Å². The maximum absolute atomic E-state index is 6.22. The average molecular weight is 264 g/mol. The van der Waals surface area contributed by atoms with Gasteiger partial charge in [0.05, 0.1) is 0 Å². The van der Waals surface area contributed by atoms with E-state index in [1.807, 2.05) is 0 Å². The van der Waals surface area contributed by atoms with E-state index < -0.39 is 0 Å². The molecule has 0 saturated heterocycles. The summed E-state index contributed by atoms with van der Waals surface area (Å²) in [5.41, 5.74) is 6.55. The van der Waals surface area contributed by atoms with Gasteiger partial charge in [-0.1, -0.05) is 32.1 Å². The maximum Gasteiger partial charge on any atom is 0.0328 e. The second-order valence-electron chi connectivity index (χ2n) is 7.66. The topological polar surface area (TPSA) is 29.3 Å². The van der Waals surface area contributed by atoms with Gasteiger partial charge >= 0.3 is 0 Å². The molecule has 0 heterocycles. The van der Waals surface area contributed by atoms with Crippen molar-refractivity contribution in [1.82, 2.24) is 4.90 Å². The summed E-state index contributed by atoms with van der Waals surface area (Å²) < 4.78 is 0. The molecule has 0 spiro atoms. The highest BCUT2D eigenvalue weighted by atomic mass is 15.2. The van der Waals surface area contributed by atoms with Gasteiger partial charge in [0.25, 0.3) is 0 Å². The number of rotatable bonds is 4. The van der Waals surface area contributed by atoms with E-state index in [-0.39, 0.29) is 0 Å². The Hall–Kier alpha value is -0.0800. The summed E-state index contributed by atoms with van der Waals surface area (Å²) in [6, 6.07) is 0. The van der Waals surface area contributed by atoms with Crippen LogP contribution in [0, 0.1) is 17.8 Å². The molecule has 2 heteroatoms. The summed E-state index contributed by atoms with van der Waals surface area (Å²) in [6.07, 6.45) is 14.4. The minimum atomic E-state index is 0.332. The standard InChI is InChI=1S/C17H32N2/c1-19(12-16-11-14-6-7-15(16)10-14)17(13-18)8-4-2-3-5-9-17/h14-16H,2-13,18H2,1H3. The van der Waals surface area contributed by atoms with Crippen molar-refractivity contribution in [3.63, 3.8) is 0 Å². The van der Waals surface area contributed by atoms with Gasteiger partial charge in [0.1, 0.15) is 0 Å². The molecule has 3 atom stereocenters. The first-order valence-electron chi connectivity index (χ1n) is 8.65. The molecule has 0 aromatic carbocycles. The molecule has 2 nitrogen and oxygen atoms in total. The zero-order valence-electron chi connectivity index (χ0n) is 12.7. The van der Waals surface area contributed by atoms with Crippen LogP contribution >= 0.6 is 0 Å². The molecule has 110 valence electrons. The van der Waals surface area contributed by atoms with Gasteiger partial charge in [-0.25, -0.2) is 0 Å². The molecule has 3 aliphatic carbocycles. The number of likely N-dealkylation sites (N-methyl/N-ethyl adjacent to an activating group) is 1. The summed E-state index contributed by atoms with van der Waals surface area (Å²) in [5.74, 6) is 3.11. The van der Waals surface area contributed by atoms with E-state index in [2.05, 4.69) is 11.9 Å². The van der Waals surface area contributed by atoms with Crippen LogP contribution in [0.5, 0.6) is 0 Å². The molecule has 0 aliphatic heterocycles. The first-order chi connectivity index (χ1) is 9.23. The fraction of sp³-hybridized carbons (Fsp3) is 1.00. The minimum Gasteiger partial charge on any atom is -0.329 e. The van der Waals surface area contributed by atoms with Crippen molar-refractivity contribution >= 4 is 0 Å². The Morgan fingerprint density at radius 3 is 2.32 bits per heavy atom. The predicted octanol–water partition coefficient (Wildman–Crippen LogP) is 3.41. The number of nitrogens with zero attached hydrogens (tertiary/aromatic N) is 1. The highest BCUT2D eigenvalue weighted by Crippen LogP contribution is 2.49. The SMILES string of the molecule is CN(CC1CC2CCC1C2)C1(CN)CCCCCC1. The monoisotopic (exact) mass is 264 g/mol. The normalized spacial score (nSPS) is 37.7. The van der Waals surface area contributed by atoms with Crippen LogP contribution in [0.3, 0.4) is 0 Å². The molecular weight excluding hydrogens is 232 g/mol. The number of fused-ring (bicyclic) bond motifs is 2. The van der Waals surface area contributed by atoms with Crippen molar-refractivity contribution in [3.05, 3.63) is 0 Å². The minimum absolute atomic E-state index is 0.332. The zero-order valence-corrected chi connectivity index (χ0v) is 12.7. The van der Waals surface area contributed by atoms with Gasteiger partial charge in [-0.3, -0.25) is 4.90 Å². The van der Waals surface area contributed by atoms with Crippen LogP contribution in [0.15, 0.2) is 0 Å². The molecule has 3 unspecified atom stereocenters. The Morgan fingerprint density at radius 1 is 1.05 bits per heavy atom. The Labute approximate surface area is 119 Å². The van der Waals surface area contributed by atoms with Crippen LogP contribution in [0.1, 0.15) is 64.2 Å². The smallest absolute Gasteiger partial charge is 0.0328 e. The Bertz CT molecular complexity index is 294. The van der Waals surface area contributed by atoms with Gasteiger partial charge in [0.15, 0.2) is 0 Å². The lowest BCUT2D eigenvalue weighted by atomic mass is 9.84. The zero-order chi connectivity index (χ0) is 13.3. The van der Waals surface area contributed by atoms with Gasteiger partial charge in [0.2, 0.25) is 0 Å². The van der Waals surface area contributed by atoms with E-state index in [1.165, 1.54) is 70.8 Å². The fourth-order valence-electron chi connectivity index (χ4n) is 5.27. The maximum atomic E-state index is 6.22. The Balaban J connectivity index is 1.62. The summed E-state index contributed by atoms with van der Waals surface area (Å²) in [4.78, 5) is 2.68. The van der Waals surface area contributed by atoms with Crippen LogP contribution in [-0.4, -0.2) is 30.6 Å². The molecule has 0 aromatic rings. The lowest BCUT2D eigenvalue weighted by Crippen LogP contribution is -2.53. The van der Waals surface area contributed by atoms with Crippen LogP contribution in [-0.2, 0) is 0 Å². The molecule has 0 amide bonds. The number of hydrogen-bond acceptors (Lipinski definition) is 2. The van der Waals surface area contributed by atoms with Crippen molar-refractivity contribution in [3.8, 4) is 0 Å². The first kappa shape index (κ1) is 13.9. The molecule has 3 saturated carbocycles. The third kappa shape index (κ3) is 2.71. The third-order valence-corrected chi connectivity index (χ3v) is 6.62. The van der Waals surface area contributed by atoms with E-state index in [1.54, 1.807) is 0 Å². The Morgan fingerprint density at radius 2 is 1.79 bits per heavy atom. The molecule has 2 bridgehead atoms. The van der Waals surface area contributed by atoms with Crippen LogP contribution in [0.4, 0.5) is 0 Å². The second kappa shape index (κ2) is 5.73. The van der Waals surface area contributed by atoms with Gasteiger partial charge in [-0.15, -0.1) is 0 Å². The fourth-order valence-corrected chi connectivity index (χ4v) is 5.27. The molecule has 3 rings (SSSR count). The summed E-state index contributed by atoms with van der Waals surface area (Å²) in [5, 5.41) is 0. The molecule has 0 aromatic heterocycles. The van der Waals surface area contributed by atoms with E-state index in [4.69, 9.17) is 5.73 Å². The van der Waals surface area contributed by atoms with Gasteiger partial charge in [-0.05, 0) is 56.9 Å². The molecule has 3 fully saturated rings. The quantitative estimate of drug-likeness (QED) is 0.789. The van der Waals surface area contributed by atoms with Crippen molar-refractivity contribution in [2.45, 2.75) is 69.7 Å². The van der Waals surface area contributed by atoms with Crippen molar-refractivity contribution < 1.29 is 0 Å². The molecule has 3 aliphatic rings. The van der Waals surface area contributed by atoms with Gasteiger partial charge in [-0.2, -0.15) is 0 Å². The second-order valence-corrected chi connectivity index (χ2v) is 7.66. The lowest BCUT2D eigenvalue weighted by Gasteiger charge is -2.43. The van der Waals surface area contributed by atoms with Gasteiger partial charge in [0, 0.05) is 18.6 Å².